The van der Waals surface area contributed by atoms with Crippen LogP contribution in [0.5, 0.6) is 5.75 Å². The van der Waals surface area contributed by atoms with Crippen molar-refractivity contribution >= 4 is 5.91 Å². The van der Waals surface area contributed by atoms with E-state index in [0.717, 1.165) is 13.0 Å². The highest BCUT2D eigenvalue weighted by atomic mass is 16.5. The van der Waals surface area contributed by atoms with Crippen LogP contribution in [0, 0.1) is 11.3 Å². The Bertz CT molecular complexity index is 541. The topological polar surface area (TPSA) is 85.6 Å². The first-order valence-electron chi connectivity index (χ1n) is 6.89. The first-order valence-corrected chi connectivity index (χ1v) is 6.89. The summed E-state index contributed by atoms with van der Waals surface area (Å²) in [6.07, 6.45) is 0.0436. The van der Waals surface area contributed by atoms with Crippen LogP contribution >= 0.6 is 0 Å². The van der Waals surface area contributed by atoms with E-state index in [-0.39, 0.29) is 18.6 Å². The average Bonchev–Trinajstić information content (AvgIpc) is 2.83. The van der Waals surface area contributed by atoms with E-state index in [1.807, 2.05) is 6.07 Å². The second-order valence-electron chi connectivity index (χ2n) is 5.11. The first-order chi connectivity index (χ1) is 10.1. The highest BCUT2D eigenvalue weighted by Crippen LogP contribution is 2.13. The van der Waals surface area contributed by atoms with Crippen LogP contribution in [0.25, 0.3) is 0 Å². The molecule has 1 aromatic carbocycles. The van der Waals surface area contributed by atoms with Gasteiger partial charge in [-0.1, -0.05) is 6.07 Å². The van der Waals surface area contributed by atoms with Crippen LogP contribution in [0.15, 0.2) is 24.3 Å². The van der Waals surface area contributed by atoms with Gasteiger partial charge >= 0.3 is 0 Å². The lowest BCUT2D eigenvalue weighted by atomic mass is 10.2. The highest BCUT2D eigenvalue weighted by Gasteiger charge is 2.28. The number of nitrogens with one attached hydrogen (secondary N) is 1. The van der Waals surface area contributed by atoms with Crippen molar-refractivity contribution in [2.45, 2.75) is 18.6 Å². The number of carbonyl (C=O) groups is 1. The van der Waals surface area contributed by atoms with E-state index in [0.29, 0.717) is 17.9 Å². The van der Waals surface area contributed by atoms with E-state index < -0.39 is 6.10 Å². The van der Waals surface area contributed by atoms with Crippen molar-refractivity contribution in [1.29, 1.82) is 5.26 Å². The smallest absolute Gasteiger partial charge is 0.239 e. The molecule has 0 spiro atoms. The minimum Gasteiger partial charge on any atom is -0.491 e. The summed E-state index contributed by atoms with van der Waals surface area (Å²) in [5, 5.41) is 21.7. The quantitative estimate of drug-likeness (QED) is 0.777. The van der Waals surface area contributed by atoms with Crippen molar-refractivity contribution in [2.24, 2.45) is 0 Å². The molecule has 0 radical (unpaired) electrons. The molecule has 21 heavy (non-hydrogen) atoms. The third-order valence-corrected chi connectivity index (χ3v) is 3.43. The maximum absolute atomic E-state index is 11.7. The minimum absolute atomic E-state index is 0.0600. The van der Waals surface area contributed by atoms with Crippen molar-refractivity contribution in [1.82, 2.24) is 10.2 Å². The van der Waals surface area contributed by atoms with Crippen LogP contribution in [0.1, 0.15) is 12.0 Å². The van der Waals surface area contributed by atoms with E-state index in [1.54, 1.807) is 36.2 Å². The van der Waals surface area contributed by atoms with E-state index in [9.17, 15) is 9.90 Å². The Morgan fingerprint density at radius 2 is 2.43 bits per heavy atom. The van der Waals surface area contributed by atoms with Crippen LogP contribution in [-0.2, 0) is 4.79 Å². The number of hydrogen-bond donors (Lipinski definition) is 2. The molecular formula is C15H19N3O3. The Morgan fingerprint density at radius 3 is 3.10 bits per heavy atom. The van der Waals surface area contributed by atoms with Crippen LogP contribution < -0.4 is 10.1 Å². The van der Waals surface area contributed by atoms with Crippen molar-refractivity contribution in [3.05, 3.63) is 29.8 Å². The fraction of sp³-hybridized carbons (Fsp3) is 0.467. The Balaban J connectivity index is 1.73. The predicted molar refractivity (Wildman–Crippen MR) is 76.7 cm³/mol. The first kappa shape index (κ1) is 15.3. The summed E-state index contributed by atoms with van der Waals surface area (Å²) in [4.78, 5) is 13.4. The molecule has 1 saturated heterocycles. The zero-order valence-corrected chi connectivity index (χ0v) is 12.0. The van der Waals surface area contributed by atoms with Crippen molar-refractivity contribution in [3.63, 3.8) is 0 Å². The van der Waals surface area contributed by atoms with Crippen LogP contribution in [0.3, 0.4) is 0 Å². The summed E-state index contributed by atoms with van der Waals surface area (Å²) < 4.78 is 5.44. The molecule has 1 aromatic rings. The number of hydrogen-bond acceptors (Lipinski definition) is 5. The molecule has 2 unspecified atom stereocenters. The van der Waals surface area contributed by atoms with Crippen LogP contribution in [0.4, 0.5) is 0 Å². The number of nitrogens with zero attached hydrogens (tertiary/aromatic N) is 2. The Hall–Kier alpha value is -2.10. The number of aliphatic hydroxyl groups is 1. The van der Waals surface area contributed by atoms with Gasteiger partial charge in [-0.05, 0) is 24.6 Å². The van der Waals surface area contributed by atoms with Crippen LogP contribution in [0.2, 0.25) is 0 Å². The number of nitriles is 1. The SMILES string of the molecule is CN1CCC(NCC(O)COc2cccc(C#N)c2)C1=O. The van der Waals surface area contributed by atoms with Gasteiger partial charge < -0.3 is 20.1 Å². The van der Waals surface area contributed by atoms with Crippen molar-refractivity contribution in [2.75, 3.05) is 26.7 Å². The lowest BCUT2D eigenvalue weighted by Gasteiger charge is -2.16. The summed E-state index contributed by atoms with van der Waals surface area (Å²) in [5.41, 5.74) is 0.514. The summed E-state index contributed by atoms with van der Waals surface area (Å²) in [6.45, 7) is 1.14. The molecular weight excluding hydrogens is 270 g/mol. The second kappa shape index (κ2) is 7.07. The number of carbonyl (C=O) groups excluding carboxylic acids is 1. The maximum Gasteiger partial charge on any atom is 0.239 e. The Labute approximate surface area is 123 Å². The minimum atomic E-state index is -0.713. The number of benzene rings is 1. The molecule has 2 N–H and O–H groups in total. The van der Waals surface area contributed by atoms with Crippen molar-refractivity contribution in [3.8, 4) is 11.8 Å². The molecule has 1 heterocycles. The normalized spacial score (nSPS) is 19.4. The molecule has 1 aliphatic heterocycles. The van der Waals surface area contributed by atoms with Crippen LogP contribution in [-0.4, -0.2) is 54.8 Å². The third kappa shape index (κ3) is 4.18. The van der Waals surface area contributed by atoms with Gasteiger partial charge in [0.25, 0.3) is 0 Å². The molecule has 1 amide bonds. The number of likely N-dealkylation sites (tertiary alicyclic amines) is 1. The Kier molecular flexibility index (Phi) is 5.14. The van der Waals surface area contributed by atoms with Gasteiger partial charge in [0, 0.05) is 20.1 Å². The monoisotopic (exact) mass is 289 g/mol. The van der Waals surface area contributed by atoms with Gasteiger partial charge in [-0.15, -0.1) is 0 Å². The molecule has 1 fully saturated rings. The number of ether oxygens (including phenoxy) is 1. The van der Waals surface area contributed by atoms with E-state index in [4.69, 9.17) is 10.00 Å². The second-order valence-corrected chi connectivity index (χ2v) is 5.11. The standard InChI is InChI=1S/C15H19N3O3/c1-18-6-5-14(15(18)20)17-9-12(19)10-21-13-4-2-3-11(7-13)8-16/h2-4,7,12,14,17,19H,5-6,9-10H2,1H3. The molecule has 6 nitrogen and oxygen atoms in total. The van der Waals surface area contributed by atoms with Gasteiger partial charge in [0.2, 0.25) is 5.91 Å². The third-order valence-electron chi connectivity index (χ3n) is 3.43. The molecule has 2 rings (SSSR count). The predicted octanol–water partition coefficient (Wildman–Crippen LogP) is 0.118. The van der Waals surface area contributed by atoms with Crippen molar-refractivity contribution < 1.29 is 14.6 Å². The molecule has 0 bridgehead atoms. The molecule has 0 aliphatic carbocycles. The van der Waals surface area contributed by atoms with Gasteiger partial charge in [0.1, 0.15) is 18.5 Å². The number of aliphatic hydroxyl groups excluding tert-OH is 1. The van der Waals surface area contributed by atoms with Gasteiger partial charge in [0.05, 0.1) is 17.7 Å². The van der Waals surface area contributed by atoms with Gasteiger partial charge in [-0.3, -0.25) is 4.79 Å². The maximum atomic E-state index is 11.7. The summed E-state index contributed by atoms with van der Waals surface area (Å²) in [6, 6.07) is 8.58. The molecule has 0 aromatic heterocycles. The molecule has 6 heteroatoms. The molecule has 0 saturated carbocycles. The Morgan fingerprint density at radius 1 is 1.62 bits per heavy atom. The fourth-order valence-electron chi connectivity index (χ4n) is 2.20. The summed E-state index contributed by atoms with van der Waals surface area (Å²) in [5.74, 6) is 0.606. The molecule has 112 valence electrons. The van der Waals surface area contributed by atoms with Gasteiger partial charge in [0.15, 0.2) is 0 Å². The lowest BCUT2D eigenvalue weighted by Crippen LogP contribution is -2.42. The zero-order valence-electron chi connectivity index (χ0n) is 12.0. The van der Waals surface area contributed by atoms with Gasteiger partial charge in [-0.25, -0.2) is 0 Å². The molecule has 1 aliphatic rings. The molecule has 2 atom stereocenters. The summed E-state index contributed by atoms with van der Waals surface area (Å²) in [7, 11) is 1.77. The van der Waals surface area contributed by atoms with E-state index >= 15 is 0 Å². The number of rotatable bonds is 6. The zero-order chi connectivity index (χ0) is 15.2. The number of likely N-dealkylation sites (N-methyl/N-ethyl adjacent to an activating group) is 1. The largest absolute Gasteiger partial charge is 0.491 e. The highest BCUT2D eigenvalue weighted by molar-refractivity contribution is 5.83. The van der Waals surface area contributed by atoms with Gasteiger partial charge in [-0.2, -0.15) is 5.26 Å². The lowest BCUT2D eigenvalue weighted by molar-refractivity contribution is -0.128. The summed E-state index contributed by atoms with van der Waals surface area (Å²) >= 11 is 0. The van der Waals surface area contributed by atoms with E-state index in [1.165, 1.54) is 0 Å². The fourth-order valence-corrected chi connectivity index (χ4v) is 2.20. The number of amides is 1. The average molecular weight is 289 g/mol. The van der Waals surface area contributed by atoms with E-state index in [2.05, 4.69) is 5.32 Å².